The summed E-state index contributed by atoms with van der Waals surface area (Å²) in [6.45, 7) is 1.93. The van der Waals surface area contributed by atoms with Gasteiger partial charge in [-0.05, 0) is 36.4 Å². The summed E-state index contributed by atoms with van der Waals surface area (Å²) in [7, 11) is 0. The largest absolute Gasteiger partial charge is 0.271 e. The monoisotopic (exact) mass is 315 g/mol. The van der Waals surface area contributed by atoms with Gasteiger partial charge in [0.15, 0.2) is 0 Å². The Kier molecular flexibility index (Phi) is 3.42. The number of nitrogens with zero attached hydrogens (tertiary/aromatic N) is 1. The maximum absolute atomic E-state index is 13.0. The molecule has 2 amide bonds. The van der Waals surface area contributed by atoms with Crippen molar-refractivity contribution < 1.29 is 9.59 Å². The van der Waals surface area contributed by atoms with Crippen molar-refractivity contribution >= 4 is 22.6 Å². The maximum atomic E-state index is 13.0. The summed E-state index contributed by atoms with van der Waals surface area (Å²) in [5, 5.41) is 1.71. The maximum Gasteiger partial charge on any atom is 0.261 e. The number of imide groups is 1. The predicted octanol–water partition coefficient (Wildman–Crippen LogP) is 4.07. The predicted molar refractivity (Wildman–Crippen MR) is 94.1 cm³/mol. The highest BCUT2D eigenvalue weighted by Gasteiger charge is 2.35. The molecule has 3 heteroatoms. The van der Waals surface area contributed by atoms with Crippen LogP contribution in [0.2, 0.25) is 0 Å². The molecule has 0 spiro atoms. The van der Waals surface area contributed by atoms with Gasteiger partial charge in [-0.1, -0.05) is 54.6 Å². The van der Waals surface area contributed by atoms with Gasteiger partial charge in [0.05, 0.1) is 0 Å². The number of rotatable bonds is 3. The molecule has 0 bridgehead atoms. The molecule has 3 aromatic rings. The van der Waals surface area contributed by atoms with E-state index in [1.165, 1.54) is 4.90 Å². The fourth-order valence-corrected chi connectivity index (χ4v) is 3.50. The van der Waals surface area contributed by atoms with E-state index in [0.29, 0.717) is 17.5 Å². The third-order valence-electron chi connectivity index (χ3n) is 4.62. The summed E-state index contributed by atoms with van der Waals surface area (Å²) in [5.41, 5.74) is 2.34. The summed E-state index contributed by atoms with van der Waals surface area (Å²) >= 11 is 0. The molecule has 24 heavy (non-hydrogen) atoms. The third kappa shape index (κ3) is 2.21. The Morgan fingerprint density at radius 1 is 0.792 bits per heavy atom. The topological polar surface area (TPSA) is 37.4 Å². The molecule has 1 aliphatic heterocycles. The summed E-state index contributed by atoms with van der Waals surface area (Å²) in [6.07, 6.45) is 0.649. The van der Waals surface area contributed by atoms with Crippen LogP contribution in [-0.4, -0.2) is 22.8 Å². The van der Waals surface area contributed by atoms with Crippen molar-refractivity contribution in [2.75, 3.05) is 0 Å². The van der Waals surface area contributed by atoms with Crippen molar-refractivity contribution in [3.8, 4) is 0 Å². The zero-order valence-corrected chi connectivity index (χ0v) is 13.4. The number of amides is 2. The van der Waals surface area contributed by atoms with Gasteiger partial charge in [0.2, 0.25) is 0 Å². The number of benzene rings is 3. The van der Waals surface area contributed by atoms with Gasteiger partial charge in [-0.3, -0.25) is 14.5 Å². The molecule has 4 rings (SSSR count). The van der Waals surface area contributed by atoms with Crippen molar-refractivity contribution in [2.24, 2.45) is 0 Å². The zero-order valence-electron chi connectivity index (χ0n) is 13.4. The van der Waals surface area contributed by atoms with E-state index in [2.05, 4.69) is 0 Å². The SMILES string of the molecule is CC(Cc1ccccc1)N1C(=O)c2cccc3cccc(c23)C1=O. The van der Waals surface area contributed by atoms with E-state index in [4.69, 9.17) is 0 Å². The van der Waals surface area contributed by atoms with Crippen LogP contribution in [0.4, 0.5) is 0 Å². The van der Waals surface area contributed by atoms with E-state index in [0.717, 1.165) is 16.3 Å². The van der Waals surface area contributed by atoms with Crippen LogP contribution in [0.15, 0.2) is 66.7 Å². The van der Waals surface area contributed by atoms with Gasteiger partial charge in [0.25, 0.3) is 11.8 Å². The standard InChI is InChI=1S/C21H17NO2/c1-14(13-15-7-3-2-4-8-15)22-20(23)17-11-5-9-16-10-6-12-18(19(16)17)21(22)24/h2-12,14H,13H2,1H3. The van der Waals surface area contributed by atoms with Gasteiger partial charge >= 0.3 is 0 Å². The molecule has 118 valence electrons. The summed E-state index contributed by atoms with van der Waals surface area (Å²) in [6, 6.07) is 21.0. The van der Waals surface area contributed by atoms with E-state index in [9.17, 15) is 9.59 Å². The van der Waals surface area contributed by atoms with Gasteiger partial charge in [0.1, 0.15) is 0 Å². The first-order chi connectivity index (χ1) is 11.7. The fraction of sp³-hybridized carbons (Fsp3) is 0.143. The highest BCUT2D eigenvalue weighted by molar-refractivity contribution is 6.25. The van der Waals surface area contributed by atoms with E-state index in [-0.39, 0.29) is 17.9 Å². The highest BCUT2D eigenvalue weighted by atomic mass is 16.2. The van der Waals surface area contributed by atoms with E-state index < -0.39 is 0 Å². The van der Waals surface area contributed by atoms with Gasteiger partial charge in [0, 0.05) is 22.6 Å². The Balaban J connectivity index is 1.76. The van der Waals surface area contributed by atoms with Crippen molar-refractivity contribution in [3.63, 3.8) is 0 Å². The Labute approximate surface area is 140 Å². The van der Waals surface area contributed by atoms with Crippen LogP contribution in [0.5, 0.6) is 0 Å². The van der Waals surface area contributed by atoms with Gasteiger partial charge in [-0.25, -0.2) is 0 Å². The molecule has 3 aromatic carbocycles. The minimum atomic E-state index is -0.201. The Bertz CT molecular complexity index is 896. The second-order valence-electron chi connectivity index (χ2n) is 6.23. The summed E-state index contributed by atoms with van der Waals surface area (Å²) in [4.78, 5) is 27.3. The van der Waals surface area contributed by atoms with E-state index in [1.54, 1.807) is 0 Å². The summed E-state index contributed by atoms with van der Waals surface area (Å²) in [5.74, 6) is -0.402. The molecule has 0 aromatic heterocycles. The lowest BCUT2D eigenvalue weighted by Gasteiger charge is -2.32. The van der Waals surface area contributed by atoms with Crippen molar-refractivity contribution in [3.05, 3.63) is 83.4 Å². The van der Waals surface area contributed by atoms with Crippen LogP contribution in [0, 0.1) is 0 Å². The van der Waals surface area contributed by atoms with Crippen LogP contribution < -0.4 is 0 Å². The molecule has 0 fully saturated rings. The molecule has 1 heterocycles. The highest BCUT2D eigenvalue weighted by Crippen LogP contribution is 2.31. The molecule has 0 N–H and O–H groups in total. The lowest BCUT2D eigenvalue weighted by molar-refractivity contribution is 0.0551. The number of hydrogen-bond acceptors (Lipinski definition) is 2. The van der Waals surface area contributed by atoms with Crippen LogP contribution in [0.25, 0.3) is 10.8 Å². The van der Waals surface area contributed by atoms with Gasteiger partial charge < -0.3 is 0 Å². The molecule has 0 saturated carbocycles. The molecular weight excluding hydrogens is 298 g/mol. The van der Waals surface area contributed by atoms with Crippen LogP contribution in [0.1, 0.15) is 33.2 Å². The second-order valence-corrected chi connectivity index (χ2v) is 6.23. The first kappa shape index (κ1) is 14.6. The molecule has 0 aliphatic carbocycles. The number of hydrogen-bond donors (Lipinski definition) is 0. The first-order valence-corrected chi connectivity index (χ1v) is 8.10. The quantitative estimate of drug-likeness (QED) is 0.683. The van der Waals surface area contributed by atoms with Crippen molar-refractivity contribution in [1.29, 1.82) is 0 Å². The third-order valence-corrected chi connectivity index (χ3v) is 4.62. The van der Waals surface area contributed by atoms with Gasteiger partial charge in [-0.2, -0.15) is 0 Å². The molecule has 1 unspecified atom stereocenters. The lowest BCUT2D eigenvalue weighted by atomic mass is 9.92. The zero-order chi connectivity index (χ0) is 16.7. The Morgan fingerprint density at radius 3 is 1.96 bits per heavy atom. The van der Waals surface area contributed by atoms with E-state index in [1.807, 2.05) is 73.7 Å². The fourth-order valence-electron chi connectivity index (χ4n) is 3.50. The molecule has 0 radical (unpaired) electrons. The molecular formula is C21H17NO2. The second kappa shape index (κ2) is 5.60. The Morgan fingerprint density at radius 2 is 1.38 bits per heavy atom. The molecule has 1 atom stereocenters. The first-order valence-electron chi connectivity index (χ1n) is 8.10. The number of carbonyl (C=O) groups excluding carboxylic acids is 2. The Hall–Kier alpha value is -2.94. The average Bonchev–Trinajstić information content (AvgIpc) is 2.60. The normalized spacial score (nSPS) is 15.0. The van der Waals surface area contributed by atoms with E-state index >= 15 is 0 Å². The number of carbonyl (C=O) groups is 2. The van der Waals surface area contributed by atoms with Crippen molar-refractivity contribution in [1.82, 2.24) is 4.90 Å². The minimum Gasteiger partial charge on any atom is -0.271 e. The van der Waals surface area contributed by atoms with Crippen LogP contribution in [0.3, 0.4) is 0 Å². The lowest BCUT2D eigenvalue weighted by Crippen LogP contribution is -2.46. The van der Waals surface area contributed by atoms with Gasteiger partial charge in [-0.15, -0.1) is 0 Å². The molecule has 0 saturated heterocycles. The summed E-state index contributed by atoms with van der Waals surface area (Å²) < 4.78 is 0. The van der Waals surface area contributed by atoms with Crippen LogP contribution in [-0.2, 0) is 6.42 Å². The minimum absolute atomic E-state index is 0.198. The van der Waals surface area contributed by atoms with Crippen LogP contribution >= 0.6 is 0 Å². The molecule has 3 nitrogen and oxygen atoms in total. The smallest absolute Gasteiger partial charge is 0.261 e. The van der Waals surface area contributed by atoms with Crippen molar-refractivity contribution in [2.45, 2.75) is 19.4 Å². The average molecular weight is 315 g/mol. The molecule has 1 aliphatic rings.